The van der Waals surface area contributed by atoms with E-state index in [4.69, 9.17) is 23.2 Å². The monoisotopic (exact) mass is 447 g/mol. The number of sulfone groups is 1. The van der Waals surface area contributed by atoms with Gasteiger partial charge in [-0.25, -0.2) is 8.42 Å². The summed E-state index contributed by atoms with van der Waals surface area (Å²) in [6.07, 6.45) is 3.87. The van der Waals surface area contributed by atoms with Crippen molar-refractivity contribution in [3.05, 3.63) is 68.7 Å². The van der Waals surface area contributed by atoms with Crippen LogP contribution in [0.15, 0.2) is 36.4 Å². The zero-order valence-corrected chi connectivity index (χ0v) is 18.5. The van der Waals surface area contributed by atoms with Gasteiger partial charge in [-0.15, -0.1) is 12.4 Å². The Kier molecular flexibility index (Phi) is 7.62. The first-order valence-electron chi connectivity index (χ1n) is 8.71. The van der Waals surface area contributed by atoms with Crippen molar-refractivity contribution in [3.8, 4) is 0 Å². The number of hydrogen-bond donors (Lipinski definition) is 1. The Balaban J connectivity index is 0.00000261. The molecule has 0 radical (unpaired) electrons. The van der Waals surface area contributed by atoms with Crippen LogP contribution >= 0.6 is 35.6 Å². The summed E-state index contributed by atoms with van der Waals surface area (Å²) in [6.45, 7) is 0. The average molecular weight is 449 g/mol. The first-order valence-corrected chi connectivity index (χ1v) is 11.5. The number of fused-ring (bicyclic) bond motifs is 1. The van der Waals surface area contributed by atoms with Crippen molar-refractivity contribution in [1.82, 2.24) is 5.32 Å². The predicted octanol–water partition coefficient (Wildman–Crippen LogP) is 5.19. The SMILES string of the molecule is CN[C@H]1CC[C@@H](c2ccc(Cl)c(Cl)c2)c2ccc(CCS(C)(=O)=O)cc21.Cl. The van der Waals surface area contributed by atoms with E-state index in [1.165, 1.54) is 22.9 Å². The van der Waals surface area contributed by atoms with E-state index in [2.05, 4.69) is 17.4 Å². The summed E-state index contributed by atoms with van der Waals surface area (Å²) in [5, 5.41) is 4.53. The Hall–Kier alpha value is -0.780. The molecule has 2 aromatic rings. The van der Waals surface area contributed by atoms with Gasteiger partial charge in [0.1, 0.15) is 9.84 Å². The molecular formula is C20H24Cl3NO2S. The molecule has 0 fully saturated rings. The molecule has 3 nitrogen and oxygen atoms in total. The van der Waals surface area contributed by atoms with Crippen molar-refractivity contribution in [2.45, 2.75) is 31.2 Å². The minimum Gasteiger partial charge on any atom is -0.313 e. The van der Waals surface area contributed by atoms with Crippen LogP contribution in [0.2, 0.25) is 10.0 Å². The van der Waals surface area contributed by atoms with Gasteiger partial charge in [0.15, 0.2) is 0 Å². The first-order chi connectivity index (χ1) is 12.3. The minimum absolute atomic E-state index is 0. The summed E-state index contributed by atoms with van der Waals surface area (Å²) in [4.78, 5) is 0. The molecule has 2 atom stereocenters. The highest BCUT2D eigenvalue weighted by Gasteiger charge is 2.28. The Morgan fingerprint density at radius 2 is 1.78 bits per heavy atom. The number of nitrogens with one attached hydrogen (secondary N) is 1. The van der Waals surface area contributed by atoms with Crippen molar-refractivity contribution in [2.24, 2.45) is 0 Å². The van der Waals surface area contributed by atoms with Gasteiger partial charge in [-0.05, 0) is 60.7 Å². The Bertz CT molecular complexity index is 915. The molecule has 0 spiro atoms. The maximum absolute atomic E-state index is 11.5. The van der Waals surface area contributed by atoms with Gasteiger partial charge >= 0.3 is 0 Å². The lowest BCUT2D eigenvalue weighted by atomic mass is 9.76. The van der Waals surface area contributed by atoms with Crippen LogP contribution in [0.5, 0.6) is 0 Å². The Labute approximate surface area is 177 Å². The lowest BCUT2D eigenvalue weighted by Gasteiger charge is -2.32. The Morgan fingerprint density at radius 1 is 1.04 bits per heavy atom. The number of benzene rings is 2. The van der Waals surface area contributed by atoms with Crippen molar-refractivity contribution in [2.75, 3.05) is 19.1 Å². The van der Waals surface area contributed by atoms with Crippen LogP contribution in [0.4, 0.5) is 0 Å². The quantitative estimate of drug-likeness (QED) is 0.685. The molecule has 0 bridgehead atoms. The molecule has 1 aliphatic carbocycles. The van der Waals surface area contributed by atoms with Gasteiger partial charge in [0.2, 0.25) is 0 Å². The van der Waals surface area contributed by atoms with Gasteiger partial charge in [0, 0.05) is 18.2 Å². The number of rotatable bonds is 5. The largest absolute Gasteiger partial charge is 0.313 e. The fourth-order valence-electron chi connectivity index (χ4n) is 3.72. The molecule has 2 aromatic carbocycles. The van der Waals surface area contributed by atoms with Crippen LogP contribution in [0.25, 0.3) is 0 Å². The van der Waals surface area contributed by atoms with Gasteiger partial charge in [0.05, 0.1) is 15.8 Å². The van der Waals surface area contributed by atoms with E-state index < -0.39 is 9.84 Å². The van der Waals surface area contributed by atoms with Crippen LogP contribution < -0.4 is 5.32 Å². The molecule has 3 rings (SSSR count). The summed E-state index contributed by atoms with van der Waals surface area (Å²) < 4.78 is 22.9. The average Bonchev–Trinajstić information content (AvgIpc) is 2.60. The number of aryl methyl sites for hydroxylation is 1. The third-order valence-electron chi connectivity index (χ3n) is 5.10. The maximum atomic E-state index is 11.5. The van der Waals surface area contributed by atoms with Crippen LogP contribution in [0.3, 0.4) is 0 Å². The van der Waals surface area contributed by atoms with Gasteiger partial charge in [-0.1, -0.05) is 47.5 Å². The van der Waals surface area contributed by atoms with E-state index in [1.54, 1.807) is 0 Å². The van der Waals surface area contributed by atoms with Gasteiger partial charge < -0.3 is 5.32 Å². The topological polar surface area (TPSA) is 46.2 Å². The molecule has 0 amide bonds. The third-order valence-corrected chi connectivity index (χ3v) is 6.79. The smallest absolute Gasteiger partial charge is 0.147 e. The second-order valence-electron chi connectivity index (χ2n) is 6.99. The van der Waals surface area contributed by atoms with Gasteiger partial charge in [-0.3, -0.25) is 0 Å². The first kappa shape index (κ1) is 22.5. The lowest BCUT2D eigenvalue weighted by molar-refractivity contribution is 0.470. The molecular weight excluding hydrogens is 425 g/mol. The maximum Gasteiger partial charge on any atom is 0.147 e. The fourth-order valence-corrected chi connectivity index (χ4v) is 4.63. The Morgan fingerprint density at radius 3 is 2.41 bits per heavy atom. The zero-order valence-electron chi connectivity index (χ0n) is 15.3. The van der Waals surface area contributed by atoms with E-state index in [0.717, 1.165) is 18.4 Å². The molecule has 1 N–H and O–H groups in total. The van der Waals surface area contributed by atoms with Crippen LogP contribution in [-0.4, -0.2) is 27.5 Å². The van der Waals surface area contributed by atoms with E-state index in [1.807, 2.05) is 31.3 Å². The molecule has 1 aliphatic rings. The molecule has 27 heavy (non-hydrogen) atoms. The highest BCUT2D eigenvalue weighted by atomic mass is 35.5. The minimum atomic E-state index is -2.97. The summed E-state index contributed by atoms with van der Waals surface area (Å²) >= 11 is 12.3. The van der Waals surface area contributed by atoms with Crippen molar-refractivity contribution in [3.63, 3.8) is 0 Å². The van der Waals surface area contributed by atoms with E-state index in [9.17, 15) is 8.42 Å². The molecule has 148 valence electrons. The van der Waals surface area contributed by atoms with Crippen molar-refractivity contribution < 1.29 is 8.42 Å². The molecule has 7 heteroatoms. The molecule has 0 saturated carbocycles. The molecule has 0 heterocycles. The molecule has 0 unspecified atom stereocenters. The van der Waals surface area contributed by atoms with Crippen molar-refractivity contribution >= 4 is 45.4 Å². The number of halogens is 3. The lowest BCUT2D eigenvalue weighted by Crippen LogP contribution is -2.24. The van der Waals surface area contributed by atoms with Gasteiger partial charge in [-0.2, -0.15) is 0 Å². The van der Waals surface area contributed by atoms with E-state index in [-0.39, 0.29) is 30.1 Å². The zero-order chi connectivity index (χ0) is 18.9. The highest BCUT2D eigenvalue weighted by molar-refractivity contribution is 7.90. The normalized spacial score (nSPS) is 19.3. The molecule has 0 aliphatic heterocycles. The summed E-state index contributed by atoms with van der Waals surface area (Å²) in [5.74, 6) is 0.444. The van der Waals surface area contributed by atoms with E-state index in [0.29, 0.717) is 16.5 Å². The standard InChI is InChI=1S/C20H23Cl2NO2S.ClH/c1-23-20-8-6-15(14-4-7-18(21)19(22)12-14)16-5-3-13(11-17(16)20)9-10-26(2,24)25;/h3-5,7,11-12,15,20,23H,6,8-10H2,1-2H3;1H/t15-,20-;/m0./s1. The van der Waals surface area contributed by atoms with Crippen molar-refractivity contribution in [1.29, 1.82) is 0 Å². The summed E-state index contributed by atoms with van der Waals surface area (Å²) in [6, 6.07) is 12.5. The third kappa shape index (κ3) is 5.39. The van der Waals surface area contributed by atoms with E-state index >= 15 is 0 Å². The van der Waals surface area contributed by atoms with Gasteiger partial charge in [0.25, 0.3) is 0 Å². The predicted molar refractivity (Wildman–Crippen MR) is 116 cm³/mol. The second-order valence-corrected chi connectivity index (χ2v) is 10.1. The van der Waals surface area contributed by atoms with Crippen LogP contribution in [0, 0.1) is 0 Å². The molecule has 0 aromatic heterocycles. The van der Waals surface area contributed by atoms with Crippen LogP contribution in [0.1, 0.15) is 47.1 Å². The van der Waals surface area contributed by atoms with Crippen LogP contribution in [-0.2, 0) is 16.3 Å². The fraction of sp³-hybridized carbons (Fsp3) is 0.400. The second kappa shape index (κ2) is 9.15. The molecule has 0 saturated heterocycles. The summed E-state index contributed by atoms with van der Waals surface area (Å²) in [5.41, 5.74) is 4.75. The number of hydrogen-bond acceptors (Lipinski definition) is 3. The summed E-state index contributed by atoms with van der Waals surface area (Å²) in [7, 11) is -0.999. The highest BCUT2D eigenvalue weighted by Crippen LogP contribution is 2.42.